The highest BCUT2D eigenvalue weighted by Crippen LogP contribution is 2.28. The van der Waals surface area contributed by atoms with Crippen LogP contribution in [0.15, 0.2) is 24.3 Å². The van der Waals surface area contributed by atoms with Crippen LogP contribution in [0.4, 0.5) is 0 Å². The highest BCUT2D eigenvalue weighted by atomic mass is 16.5. The van der Waals surface area contributed by atoms with E-state index in [1.54, 1.807) is 0 Å². The first-order valence-electron chi connectivity index (χ1n) is 6.80. The summed E-state index contributed by atoms with van der Waals surface area (Å²) in [6.45, 7) is 4.51. The number of likely N-dealkylation sites (N-methyl/N-ethyl adjacent to an activating group) is 1. The van der Waals surface area contributed by atoms with E-state index >= 15 is 0 Å². The minimum atomic E-state index is 0.366. The van der Waals surface area contributed by atoms with Crippen LogP contribution in [-0.2, 0) is 11.2 Å². The third kappa shape index (κ3) is 3.24. The Morgan fingerprint density at radius 3 is 3.06 bits per heavy atom. The van der Waals surface area contributed by atoms with Crippen molar-refractivity contribution < 1.29 is 9.47 Å². The second-order valence-electron chi connectivity index (χ2n) is 4.85. The molecule has 0 saturated carbocycles. The fraction of sp³-hybridized carbons (Fsp3) is 0.600. The van der Waals surface area contributed by atoms with Gasteiger partial charge >= 0.3 is 0 Å². The van der Waals surface area contributed by atoms with Gasteiger partial charge < -0.3 is 14.8 Å². The second-order valence-corrected chi connectivity index (χ2v) is 4.85. The number of hydrogen-bond acceptors (Lipinski definition) is 3. The molecule has 3 heteroatoms. The molecule has 0 spiro atoms. The van der Waals surface area contributed by atoms with E-state index in [9.17, 15) is 0 Å². The lowest BCUT2D eigenvalue weighted by molar-refractivity contribution is 0.0781. The van der Waals surface area contributed by atoms with Crippen LogP contribution in [0.25, 0.3) is 0 Å². The third-order valence-electron chi connectivity index (χ3n) is 3.49. The zero-order chi connectivity index (χ0) is 12.8. The molecule has 18 heavy (non-hydrogen) atoms. The Labute approximate surface area is 109 Å². The largest absolute Gasteiger partial charge is 0.493 e. The molecule has 3 nitrogen and oxygen atoms in total. The van der Waals surface area contributed by atoms with Gasteiger partial charge in [-0.2, -0.15) is 0 Å². The van der Waals surface area contributed by atoms with Crippen molar-refractivity contribution in [2.75, 3.05) is 26.9 Å². The van der Waals surface area contributed by atoms with Gasteiger partial charge in [-0.3, -0.25) is 0 Å². The van der Waals surface area contributed by atoms with Gasteiger partial charge in [0.2, 0.25) is 0 Å². The minimum Gasteiger partial charge on any atom is -0.493 e. The Bertz CT molecular complexity index is 367. The normalized spacial score (nSPS) is 20.0. The van der Waals surface area contributed by atoms with Crippen LogP contribution in [0.1, 0.15) is 18.9 Å². The first kappa shape index (κ1) is 13.4. The van der Waals surface area contributed by atoms with Gasteiger partial charge in [0.05, 0.1) is 13.2 Å². The molecule has 2 unspecified atom stereocenters. The van der Waals surface area contributed by atoms with Crippen LogP contribution in [0.2, 0.25) is 0 Å². The molecule has 2 atom stereocenters. The summed E-state index contributed by atoms with van der Waals surface area (Å²) in [7, 11) is 2.00. The van der Waals surface area contributed by atoms with Crippen molar-refractivity contribution in [1.29, 1.82) is 0 Å². The van der Waals surface area contributed by atoms with Crippen molar-refractivity contribution in [1.82, 2.24) is 5.32 Å². The Hall–Kier alpha value is -1.06. The van der Waals surface area contributed by atoms with Gasteiger partial charge in [-0.1, -0.05) is 25.1 Å². The number of hydrogen-bond donors (Lipinski definition) is 1. The zero-order valence-electron chi connectivity index (χ0n) is 11.3. The second kappa shape index (κ2) is 6.76. The standard InChI is InChI=1S/C15H23NO2/c1-3-8-17-11-14(16-2)13-9-12-6-4-5-7-15(12)18-10-13/h4-7,13-14,16H,3,8-11H2,1-2H3. The summed E-state index contributed by atoms with van der Waals surface area (Å²) in [6.07, 6.45) is 2.14. The van der Waals surface area contributed by atoms with E-state index in [1.165, 1.54) is 5.56 Å². The molecular weight excluding hydrogens is 226 g/mol. The Balaban J connectivity index is 1.93. The predicted molar refractivity (Wildman–Crippen MR) is 73.1 cm³/mol. The van der Waals surface area contributed by atoms with Gasteiger partial charge in [0, 0.05) is 18.6 Å². The molecule has 1 aromatic rings. The van der Waals surface area contributed by atoms with Crippen molar-refractivity contribution in [2.24, 2.45) is 5.92 Å². The summed E-state index contributed by atoms with van der Waals surface area (Å²) in [5.74, 6) is 1.53. The number of rotatable bonds is 6. The van der Waals surface area contributed by atoms with E-state index in [-0.39, 0.29) is 0 Å². The van der Waals surface area contributed by atoms with Gasteiger partial charge in [-0.05, 0) is 31.5 Å². The fourth-order valence-electron chi connectivity index (χ4n) is 2.42. The van der Waals surface area contributed by atoms with Crippen LogP contribution < -0.4 is 10.1 Å². The van der Waals surface area contributed by atoms with Gasteiger partial charge in [-0.25, -0.2) is 0 Å². The molecule has 0 amide bonds. The summed E-state index contributed by atoms with van der Waals surface area (Å²) < 4.78 is 11.5. The highest BCUT2D eigenvalue weighted by Gasteiger charge is 2.26. The smallest absolute Gasteiger partial charge is 0.122 e. The molecule has 0 aromatic heterocycles. The quantitative estimate of drug-likeness (QED) is 0.784. The van der Waals surface area contributed by atoms with Crippen molar-refractivity contribution >= 4 is 0 Å². The van der Waals surface area contributed by atoms with E-state index in [1.807, 2.05) is 19.2 Å². The van der Waals surface area contributed by atoms with E-state index < -0.39 is 0 Å². The zero-order valence-corrected chi connectivity index (χ0v) is 11.3. The van der Waals surface area contributed by atoms with Crippen molar-refractivity contribution in [3.63, 3.8) is 0 Å². The molecule has 0 bridgehead atoms. The molecule has 1 aliphatic heterocycles. The lowest BCUT2D eigenvalue weighted by atomic mass is 9.91. The molecule has 100 valence electrons. The maximum atomic E-state index is 5.83. The number of benzene rings is 1. The van der Waals surface area contributed by atoms with Crippen LogP contribution in [0.5, 0.6) is 5.75 Å². The number of fused-ring (bicyclic) bond motifs is 1. The third-order valence-corrected chi connectivity index (χ3v) is 3.49. The molecule has 0 fully saturated rings. The van der Waals surface area contributed by atoms with Gasteiger partial charge in [-0.15, -0.1) is 0 Å². The Kier molecular flexibility index (Phi) is 5.02. The minimum absolute atomic E-state index is 0.366. The first-order valence-corrected chi connectivity index (χ1v) is 6.80. The number of para-hydroxylation sites is 1. The molecule has 2 rings (SSSR count). The molecule has 1 heterocycles. The van der Waals surface area contributed by atoms with Gasteiger partial charge in [0.25, 0.3) is 0 Å². The summed E-state index contributed by atoms with van der Waals surface area (Å²) in [4.78, 5) is 0. The maximum Gasteiger partial charge on any atom is 0.122 e. The van der Waals surface area contributed by atoms with Crippen LogP contribution >= 0.6 is 0 Å². The first-order chi connectivity index (χ1) is 8.85. The van der Waals surface area contributed by atoms with E-state index in [0.29, 0.717) is 12.0 Å². The molecule has 0 saturated heterocycles. The van der Waals surface area contributed by atoms with Crippen molar-refractivity contribution in [3.05, 3.63) is 29.8 Å². The topological polar surface area (TPSA) is 30.5 Å². The van der Waals surface area contributed by atoms with E-state index in [2.05, 4.69) is 24.4 Å². The average Bonchev–Trinajstić information content (AvgIpc) is 2.43. The fourth-order valence-corrected chi connectivity index (χ4v) is 2.42. The van der Waals surface area contributed by atoms with Crippen molar-refractivity contribution in [3.8, 4) is 5.75 Å². The van der Waals surface area contributed by atoms with Crippen LogP contribution in [0.3, 0.4) is 0 Å². The van der Waals surface area contributed by atoms with Crippen LogP contribution in [-0.4, -0.2) is 32.9 Å². The average molecular weight is 249 g/mol. The molecule has 0 aliphatic carbocycles. The predicted octanol–water partition coefficient (Wildman–Crippen LogP) is 2.25. The molecule has 1 N–H and O–H groups in total. The Morgan fingerprint density at radius 1 is 1.44 bits per heavy atom. The summed E-state index contributed by atoms with van der Waals surface area (Å²) >= 11 is 0. The lowest BCUT2D eigenvalue weighted by Gasteiger charge is -2.31. The molecule has 1 aromatic carbocycles. The SMILES string of the molecule is CCCOCC(NC)C1COc2ccccc2C1. The van der Waals surface area contributed by atoms with Crippen molar-refractivity contribution in [2.45, 2.75) is 25.8 Å². The van der Waals surface area contributed by atoms with Crippen LogP contribution in [0, 0.1) is 5.92 Å². The van der Waals surface area contributed by atoms with E-state index in [0.717, 1.165) is 38.4 Å². The molecular formula is C15H23NO2. The Morgan fingerprint density at radius 2 is 2.28 bits per heavy atom. The molecule has 1 aliphatic rings. The summed E-state index contributed by atoms with van der Waals surface area (Å²) in [5.41, 5.74) is 1.31. The lowest BCUT2D eigenvalue weighted by Crippen LogP contribution is -2.43. The van der Waals surface area contributed by atoms with Gasteiger partial charge in [0.15, 0.2) is 0 Å². The maximum absolute atomic E-state index is 5.83. The number of ether oxygens (including phenoxy) is 2. The number of nitrogens with one attached hydrogen (secondary N) is 1. The molecule has 0 radical (unpaired) electrons. The van der Waals surface area contributed by atoms with E-state index in [4.69, 9.17) is 9.47 Å². The monoisotopic (exact) mass is 249 g/mol. The highest BCUT2D eigenvalue weighted by molar-refractivity contribution is 5.35. The summed E-state index contributed by atoms with van der Waals surface area (Å²) in [6, 6.07) is 8.67. The summed E-state index contributed by atoms with van der Waals surface area (Å²) in [5, 5.41) is 3.36. The van der Waals surface area contributed by atoms with Gasteiger partial charge in [0.1, 0.15) is 5.75 Å².